The van der Waals surface area contributed by atoms with Crippen molar-refractivity contribution in [2.24, 2.45) is 10.9 Å². The van der Waals surface area contributed by atoms with Gasteiger partial charge in [0.2, 0.25) is 0 Å². The number of rotatable bonds is 12. The van der Waals surface area contributed by atoms with E-state index in [9.17, 15) is 8.42 Å². The molecule has 0 aliphatic heterocycles. The number of sulfone groups is 1. The Balaban J connectivity index is 4.54. The summed E-state index contributed by atoms with van der Waals surface area (Å²) in [5.41, 5.74) is 0. The van der Waals surface area contributed by atoms with Gasteiger partial charge < -0.3 is 10.6 Å². The topological polar surface area (TPSA) is 70.6 Å². The number of guanidine groups is 1. The molecule has 5 nitrogen and oxygen atoms in total. The fraction of sp³-hybridized carbons (Fsp3) is 0.941. The average Bonchev–Trinajstić information content (AvgIpc) is 2.47. The zero-order chi connectivity index (χ0) is 17.7. The number of hydrogen-bond donors (Lipinski definition) is 2. The zero-order valence-corrected chi connectivity index (χ0v) is 16.5. The second-order valence-electron chi connectivity index (χ2n) is 6.48. The normalized spacial score (nSPS) is 15.3. The zero-order valence-electron chi connectivity index (χ0n) is 15.7. The van der Waals surface area contributed by atoms with E-state index in [1.54, 1.807) is 0 Å². The van der Waals surface area contributed by atoms with E-state index in [0.29, 0.717) is 12.3 Å². The molecule has 0 aromatic rings. The van der Waals surface area contributed by atoms with Gasteiger partial charge in [-0.3, -0.25) is 4.99 Å². The van der Waals surface area contributed by atoms with Crippen LogP contribution in [0.15, 0.2) is 4.99 Å². The van der Waals surface area contributed by atoms with Crippen LogP contribution in [0.1, 0.15) is 66.2 Å². The Labute approximate surface area is 143 Å². The summed E-state index contributed by atoms with van der Waals surface area (Å²) in [5, 5.41) is 6.57. The third-order valence-electron chi connectivity index (χ3n) is 3.82. The maximum Gasteiger partial charge on any atom is 0.191 e. The predicted octanol–water partition coefficient (Wildman–Crippen LogP) is 2.97. The lowest BCUT2D eigenvalue weighted by molar-refractivity contribution is 0.438. The third-order valence-corrected chi connectivity index (χ3v) is 4.80. The molecule has 0 aromatic carbocycles. The highest BCUT2D eigenvalue weighted by Gasteiger charge is 2.11. The molecule has 0 heterocycles. The fourth-order valence-corrected chi connectivity index (χ4v) is 3.25. The number of aliphatic imine (C=N–C) groups is 1. The minimum Gasteiger partial charge on any atom is -0.357 e. The Morgan fingerprint density at radius 3 is 2.30 bits per heavy atom. The van der Waals surface area contributed by atoms with Crippen LogP contribution in [0.3, 0.4) is 0 Å². The van der Waals surface area contributed by atoms with E-state index in [2.05, 4.69) is 24.5 Å². The summed E-state index contributed by atoms with van der Waals surface area (Å²) in [6, 6.07) is 0.0859. The van der Waals surface area contributed by atoms with Gasteiger partial charge in [-0.2, -0.15) is 0 Å². The van der Waals surface area contributed by atoms with Gasteiger partial charge in [0.15, 0.2) is 5.96 Å². The minimum absolute atomic E-state index is 0.0859. The van der Waals surface area contributed by atoms with Gasteiger partial charge in [0.1, 0.15) is 9.84 Å². The van der Waals surface area contributed by atoms with Crippen molar-refractivity contribution in [1.82, 2.24) is 10.6 Å². The van der Waals surface area contributed by atoms with Gasteiger partial charge in [0, 0.05) is 25.4 Å². The van der Waals surface area contributed by atoms with Crippen molar-refractivity contribution in [3.05, 3.63) is 0 Å². The number of unbranched alkanes of at least 4 members (excludes halogenated alkanes) is 1. The van der Waals surface area contributed by atoms with E-state index in [4.69, 9.17) is 4.99 Å². The van der Waals surface area contributed by atoms with Crippen LogP contribution in [0.4, 0.5) is 0 Å². The molecule has 2 unspecified atom stereocenters. The predicted molar refractivity (Wildman–Crippen MR) is 101 cm³/mol. The molecule has 0 aliphatic rings. The molecule has 0 saturated carbocycles. The van der Waals surface area contributed by atoms with Gasteiger partial charge in [-0.1, -0.05) is 33.1 Å². The molecular formula is C17H37N3O2S. The molecule has 138 valence electrons. The first kappa shape index (κ1) is 22.2. The lowest BCUT2D eigenvalue weighted by Crippen LogP contribution is -2.43. The van der Waals surface area contributed by atoms with Gasteiger partial charge >= 0.3 is 0 Å². The van der Waals surface area contributed by atoms with E-state index in [0.717, 1.165) is 19.0 Å². The standard InChI is InChI=1S/C17H37N3O2S/c1-6-9-11-16(10-7-2)14-19-17(18-8-3)20-15(4)12-13-23(5,21)22/h15-16H,6-14H2,1-5H3,(H2,18,19,20). The molecule has 0 spiro atoms. The summed E-state index contributed by atoms with van der Waals surface area (Å²) in [4.78, 5) is 4.71. The Morgan fingerprint density at radius 2 is 1.78 bits per heavy atom. The highest BCUT2D eigenvalue weighted by atomic mass is 32.2. The second kappa shape index (κ2) is 12.6. The first-order valence-electron chi connectivity index (χ1n) is 9.04. The third kappa shape index (κ3) is 13.4. The molecule has 23 heavy (non-hydrogen) atoms. The summed E-state index contributed by atoms with van der Waals surface area (Å²) in [6.45, 7) is 10.1. The SMILES string of the molecule is CCCCC(CCC)CN=C(NCC)NC(C)CCS(C)(=O)=O. The van der Waals surface area contributed by atoms with Crippen LogP contribution in [0, 0.1) is 5.92 Å². The summed E-state index contributed by atoms with van der Waals surface area (Å²) in [5.74, 6) is 1.64. The molecule has 2 N–H and O–H groups in total. The van der Waals surface area contributed by atoms with Gasteiger partial charge in [-0.05, 0) is 39.0 Å². The average molecular weight is 348 g/mol. The summed E-state index contributed by atoms with van der Waals surface area (Å²) in [7, 11) is -2.91. The van der Waals surface area contributed by atoms with E-state index >= 15 is 0 Å². The quantitative estimate of drug-likeness (QED) is 0.420. The van der Waals surface area contributed by atoms with Crippen molar-refractivity contribution in [2.75, 3.05) is 25.1 Å². The van der Waals surface area contributed by atoms with Gasteiger partial charge in [-0.25, -0.2) is 8.42 Å². The van der Waals surface area contributed by atoms with Crippen LogP contribution >= 0.6 is 0 Å². The fourth-order valence-electron chi connectivity index (χ4n) is 2.46. The van der Waals surface area contributed by atoms with E-state index in [-0.39, 0.29) is 11.8 Å². The second-order valence-corrected chi connectivity index (χ2v) is 8.74. The van der Waals surface area contributed by atoms with Crippen molar-refractivity contribution in [3.63, 3.8) is 0 Å². The van der Waals surface area contributed by atoms with Crippen molar-refractivity contribution in [2.45, 2.75) is 72.3 Å². The molecule has 0 aromatic heterocycles. The van der Waals surface area contributed by atoms with Crippen LogP contribution < -0.4 is 10.6 Å². The van der Waals surface area contributed by atoms with Gasteiger partial charge in [0.05, 0.1) is 5.75 Å². The van der Waals surface area contributed by atoms with Crippen LogP contribution in [-0.2, 0) is 9.84 Å². The molecule has 0 amide bonds. The number of hydrogen-bond acceptors (Lipinski definition) is 3. The maximum atomic E-state index is 11.3. The van der Waals surface area contributed by atoms with Crippen molar-refractivity contribution < 1.29 is 8.42 Å². The first-order chi connectivity index (χ1) is 10.8. The molecule has 2 atom stereocenters. The number of nitrogens with one attached hydrogen (secondary N) is 2. The molecular weight excluding hydrogens is 310 g/mol. The molecule has 0 fully saturated rings. The molecule has 0 aliphatic carbocycles. The van der Waals surface area contributed by atoms with Crippen LogP contribution in [0.5, 0.6) is 0 Å². The minimum atomic E-state index is -2.91. The Kier molecular flexibility index (Phi) is 12.2. The van der Waals surface area contributed by atoms with Crippen molar-refractivity contribution >= 4 is 15.8 Å². The molecule has 0 radical (unpaired) electrons. The van der Waals surface area contributed by atoms with Crippen molar-refractivity contribution in [1.29, 1.82) is 0 Å². The van der Waals surface area contributed by atoms with Crippen molar-refractivity contribution in [3.8, 4) is 0 Å². The Bertz CT molecular complexity index is 422. The number of nitrogens with zero attached hydrogens (tertiary/aromatic N) is 1. The Hall–Kier alpha value is -0.780. The smallest absolute Gasteiger partial charge is 0.191 e. The van der Waals surface area contributed by atoms with E-state index in [1.807, 2.05) is 13.8 Å². The largest absolute Gasteiger partial charge is 0.357 e. The monoisotopic (exact) mass is 347 g/mol. The van der Waals surface area contributed by atoms with Crippen LogP contribution in [0.25, 0.3) is 0 Å². The Morgan fingerprint density at radius 1 is 1.09 bits per heavy atom. The molecule has 6 heteroatoms. The highest BCUT2D eigenvalue weighted by molar-refractivity contribution is 7.90. The van der Waals surface area contributed by atoms with Gasteiger partial charge in [0.25, 0.3) is 0 Å². The molecule has 0 rings (SSSR count). The lowest BCUT2D eigenvalue weighted by atomic mass is 9.97. The summed E-state index contributed by atoms with van der Waals surface area (Å²) < 4.78 is 22.5. The van der Waals surface area contributed by atoms with E-state index in [1.165, 1.54) is 38.4 Å². The maximum absolute atomic E-state index is 11.3. The van der Waals surface area contributed by atoms with E-state index < -0.39 is 9.84 Å². The molecule has 0 bridgehead atoms. The highest BCUT2D eigenvalue weighted by Crippen LogP contribution is 2.15. The lowest BCUT2D eigenvalue weighted by Gasteiger charge is -2.19. The van der Waals surface area contributed by atoms with Crippen LogP contribution in [-0.4, -0.2) is 45.5 Å². The molecule has 0 saturated heterocycles. The first-order valence-corrected chi connectivity index (χ1v) is 11.1. The van der Waals surface area contributed by atoms with Gasteiger partial charge in [-0.15, -0.1) is 0 Å². The summed E-state index contributed by atoms with van der Waals surface area (Å²) in [6.07, 6.45) is 8.00. The van der Waals surface area contributed by atoms with Crippen LogP contribution in [0.2, 0.25) is 0 Å². The summed E-state index contributed by atoms with van der Waals surface area (Å²) >= 11 is 0.